The molecule has 1 saturated heterocycles. The Labute approximate surface area is 116 Å². The van der Waals surface area contributed by atoms with Gasteiger partial charge in [-0.2, -0.15) is 0 Å². The molecule has 1 aliphatic rings. The molecule has 112 valence electrons. The quantitative estimate of drug-likeness (QED) is 0.770. The predicted octanol–water partition coefficient (Wildman–Crippen LogP) is 0.620. The number of carbonyl (C=O) groups is 1. The van der Waals surface area contributed by atoms with E-state index in [-0.39, 0.29) is 17.4 Å². The van der Waals surface area contributed by atoms with Gasteiger partial charge in [-0.3, -0.25) is 4.79 Å². The maximum atomic E-state index is 12.1. The van der Waals surface area contributed by atoms with Crippen LogP contribution in [0.5, 0.6) is 0 Å². The van der Waals surface area contributed by atoms with Crippen molar-refractivity contribution in [2.24, 2.45) is 5.41 Å². The zero-order valence-electron chi connectivity index (χ0n) is 12.6. The molecular formula is C14H28N2O3. The van der Waals surface area contributed by atoms with Crippen LogP contribution in [-0.2, 0) is 9.53 Å². The molecule has 1 fully saturated rings. The predicted molar refractivity (Wildman–Crippen MR) is 74.9 cm³/mol. The van der Waals surface area contributed by atoms with Gasteiger partial charge in [0.2, 0.25) is 5.91 Å². The first-order chi connectivity index (χ1) is 8.79. The number of ether oxygens (including phenoxy) is 1. The summed E-state index contributed by atoms with van der Waals surface area (Å²) in [6.07, 6.45) is 0.304. The van der Waals surface area contributed by atoms with E-state index in [4.69, 9.17) is 4.74 Å². The van der Waals surface area contributed by atoms with Crippen LogP contribution in [0.25, 0.3) is 0 Å². The average molecular weight is 272 g/mol. The third-order valence-corrected chi connectivity index (χ3v) is 3.20. The summed E-state index contributed by atoms with van der Waals surface area (Å²) in [5.41, 5.74) is 0.0958. The summed E-state index contributed by atoms with van der Waals surface area (Å²) in [4.78, 5) is 13.9. The molecule has 2 N–H and O–H groups in total. The number of nitrogens with zero attached hydrogens (tertiary/aromatic N) is 1. The lowest BCUT2D eigenvalue weighted by molar-refractivity contribution is -0.137. The fraction of sp³-hybridized carbons (Fsp3) is 0.929. The average Bonchev–Trinajstić information content (AvgIpc) is 2.34. The second kappa shape index (κ2) is 7.22. The molecule has 0 aromatic heterocycles. The Morgan fingerprint density at radius 3 is 2.47 bits per heavy atom. The lowest BCUT2D eigenvalue weighted by atomic mass is 9.89. The van der Waals surface area contributed by atoms with E-state index in [0.717, 1.165) is 6.42 Å². The van der Waals surface area contributed by atoms with E-state index in [9.17, 15) is 9.90 Å². The second-order valence-corrected chi connectivity index (χ2v) is 6.49. The minimum atomic E-state index is -0.417. The fourth-order valence-corrected chi connectivity index (χ4v) is 2.24. The molecule has 0 saturated carbocycles. The van der Waals surface area contributed by atoms with E-state index in [0.29, 0.717) is 32.8 Å². The maximum absolute atomic E-state index is 12.1. The lowest BCUT2D eigenvalue weighted by Gasteiger charge is -2.30. The Kier molecular flexibility index (Phi) is 6.23. The van der Waals surface area contributed by atoms with Gasteiger partial charge in [-0.15, -0.1) is 0 Å². The number of aliphatic hydroxyl groups excluding tert-OH is 1. The summed E-state index contributed by atoms with van der Waals surface area (Å²) in [5.74, 6) is 0.0891. The van der Waals surface area contributed by atoms with Gasteiger partial charge in [-0.25, -0.2) is 0 Å². The molecule has 0 bridgehead atoms. The Balaban J connectivity index is 2.29. The molecule has 0 spiro atoms. The number of aliphatic hydroxyl groups is 1. The number of hydrogen-bond donors (Lipinski definition) is 2. The van der Waals surface area contributed by atoms with Crippen LogP contribution in [0.2, 0.25) is 0 Å². The summed E-state index contributed by atoms with van der Waals surface area (Å²) >= 11 is 0. The molecule has 19 heavy (non-hydrogen) atoms. The molecule has 0 radical (unpaired) electrons. The summed E-state index contributed by atoms with van der Waals surface area (Å²) in [5, 5.41) is 13.0. The molecular weight excluding hydrogens is 244 g/mol. The minimum Gasteiger partial charge on any atom is -0.392 e. The highest BCUT2D eigenvalue weighted by Gasteiger charge is 2.23. The van der Waals surface area contributed by atoms with Gasteiger partial charge in [0.1, 0.15) is 0 Å². The van der Waals surface area contributed by atoms with Crippen molar-refractivity contribution < 1.29 is 14.6 Å². The minimum absolute atomic E-state index is 0.0891. The number of nitrogens with one attached hydrogen (secondary N) is 1. The van der Waals surface area contributed by atoms with Crippen LogP contribution >= 0.6 is 0 Å². The van der Waals surface area contributed by atoms with Crippen LogP contribution in [0.3, 0.4) is 0 Å². The first-order valence-corrected chi connectivity index (χ1v) is 7.07. The Hall–Kier alpha value is -0.650. The van der Waals surface area contributed by atoms with Crippen molar-refractivity contribution in [3.05, 3.63) is 0 Å². The molecule has 0 aliphatic carbocycles. The zero-order chi connectivity index (χ0) is 14.5. The van der Waals surface area contributed by atoms with Gasteiger partial charge in [0.25, 0.3) is 0 Å². The first kappa shape index (κ1) is 16.4. The number of morpholine rings is 1. The zero-order valence-corrected chi connectivity index (χ0v) is 12.6. The van der Waals surface area contributed by atoms with Crippen molar-refractivity contribution >= 4 is 5.91 Å². The van der Waals surface area contributed by atoms with Crippen LogP contribution in [0, 0.1) is 5.41 Å². The number of amides is 1. The van der Waals surface area contributed by atoms with Crippen LogP contribution in [-0.4, -0.2) is 60.9 Å². The molecule has 1 amide bonds. The molecule has 2 unspecified atom stereocenters. The molecule has 5 heteroatoms. The van der Waals surface area contributed by atoms with E-state index >= 15 is 0 Å². The summed E-state index contributed by atoms with van der Waals surface area (Å²) in [6.45, 7) is 11.1. The molecule has 1 rings (SSSR count). The molecule has 5 nitrogen and oxygen atoms in total. The fourth-order valence-electron chi connectivity index (χ4n) is 2.24. The first-order valence-electron chi connectivity index (χ1n) is 7.07. The van der Waals surface area contributed by atoms with E-state index in [1.807, 2.05) is 11.8 Å². The highest BCUT2D eigenvalue weighted by Crippen LogP contribution is 2.20. The smallest absolute Gasteiger partial charge is 0.239 e. The third kappa shape index (κ3) is 6.36. The highest BCUT2D eigenvalue weighted by atomic mass is 16.5. The number of hydrogen-bond acceptors (Lipinski definition) is 4. The van der Waals surface area contributed by atoms with Crippen LogP contribution in [0.1, 0.15) is 34.1 Å². The molecule has 0 aromatic rings. The normalized spacial score (nSPS) is 20.2. The van der Waals surface area contributed by atoms with E-state index < -0.39 is 6.10 Å². The van der Waals surface area contributed by atoms with Crippen LogP contribution < -0.4 is 5.32 Å². The Morgan fingerprint density at radius 1 is 1.37 bits per heavy atom. The van der Waals surface area contributed by atoms with Gasteiger partial charge in [-0.1, -0.05) is 20.8 Å². The highest BCUT2D eigenvalue weighted by molar-refractivity contribution is 5.81. The van der Waals surface area contributed by atoms with E-state index in [1.54, 1.807) is 0 Å². The number of rotatable bonds is 5. The largest absolute Gasteiger partial charge is 0.392 e. The number of carbonyl (C=O) groups excluding carboxylic acids is 1. The van der Waals surface area contributed by atoms with E-state index in [1.165, 1.54) is 0 Å². The van der Waals surface area contributed by atoms with Crippen molar-refractivity contribution in [3.8, 4) is 0 Å². The van der Waals surface area contributed by atoms with Crippen molar-refractivity contribution in [1.29, 1.82) is 0 Å². The lowest BCUT2D eigenvalue weighted by Crippen LogP contribution is -2.50. The summed E-state index contributed by atoms with van der Waals surface area (Å²) in [7, 11) is 0. The topological polar surface area (TPSA) is 61.8 Å². The van der Waals surface area contributed by atoms with Gasteiger partial charge in [0.15, 0.2) is 0 Å². The maximum Gasteiger partial charge on any atom is 0.239 e. The van der Waals surface area contributed by atoms with Crippen molar-refractivity contribution in [2.45, 2.75) is 46.3 Å². The van der Waals surface area contributed by atoms with Gasteiger partial charge in [0.05, 0.1) is 25.4 Å². The van der Waals surface area contributed by atoms with Gasteiger partial charge >= 0.3 is 0 Å². The molecule has 1 heterocycles. The van der Waals surface area contributed by atoms with Crippen molar-refractivity contribution in [3.63, 3.8) is 0 Å². The van der Waals surface area contributed by atoms with Crippen molar-refractivity contribution in [1.82, 2.24) is 10.2 Å². The van der Waals surface area contributed by atoms with E-state index in [2.05, 4.69) is 26.1 Å². The third-order valence-electron chi connectivity index (χ3n) is 3.20. The van der Waals surface area contributed by atoms with Gasteiger partial charge in [-0.05, 0) is 18.8 Å². The molecule has 2 atom stereocenters. The molecule has 0 aromatic carbocycles. The monoisotopic (exact) mass is 272 g/mol. The van der Waals surface area contributed by atoms with Gasteiger partial charge < -0.3 is 20.1 Å². The summed E-state index contributed by atoms with van der Waals surface area (Å²) < 4.78 is 5.23. The molecule has 1 aliphatic heterocycles. The van der Waals surface area contributed by atoms with Crippen LogP contribution in [0.15, 0.2) is 0 Å². The Morgan fingerprint density at radius 2 is 1.95 bits per heavy atom. The Bertz CT molecular complexity index is 283. The summed E-state index contributed by atoms with van der Waals surface area (Å²) in [6, 6.07) is -0.257. The van der Waals surface area contributed by atoms with Crippen molar-refractivity contribution in [2.75, 3.05) is 32.8 Å². The van der Waals surface area contributed by atoms with Gasteiger partial charge in [0, 0.05) is 19.6 Å². The second-order valence-electron chi connectivity index (χ2n) is 6.49. The standard InChI is InChI=1S/C14H28N2O3/c1-11(13(18)16-5-7-19-8-6-16)15-10-12(17)9-14(2,3)4/h11-12,15,17H,5-10H2,1-4H3. The van der Waals surface area contributed by atoms with Crippen LogP contribution in [0.4, 0.5) is 0 Å². The SMILES string of the molecule is CC(NCC(O)CC(C)(C)C)C(=O)N1CCOCC1.